The molecule has 0 unspecified atom stereocenters. The van der Waals surface area contributed by atoms with Gasteiger partial charge in [-0.15, -0.1) is 11.3 Å². The number of ether oxygens (including phenoxy) is 1. The van der Waals surface area contributed by atoms with E-state index in [4.69, 9.17) is 4.74 Å². The minimum Gasteiger partial charge on any atom is -0.376 e. The van der Waals surface area contributed by atoms with Crippen LogP contribution in [0.4, 0.5) is 17.6 Å². The van der Waals surface area contributed by atoms with Crippen molar-refractivity contribution in [1.29, 1.82) is 0 Å². The van der Waals surface area contributed by atoms with Gasteiger partial charge in [0.15, 0.2) is 4.80 Å². The van der Waals surface area contributed by atoms with Crippen LogP contribution in [0.1, 0.15) is 60.1 Å². The lowest BCUT2D eigenvalue weighted by molar-refractivity contribution is -0.140. The quantitative estimate of drug-likeness (QED) is 0.608. The summed E-state index contributed by atoms with van der Waals surface area (Å²) in [7, 11) is 0. The number of amides is 1. The van der Waals surface area contributed by atoms with E-state index in [0.717, 1.165) is 35.5 Å². The number of nitrogens with zero attached hydrogens (tertiary/aromatic N) is 2. The molecule has 0 saturated carbocycles. The Morgan fingerprint density at radius 3 is 2.57 bits per heavy atom. The minimum atomic E-state index is -4.89. The van der Waals surface area contributed by atoms with Crippen LogP contribution in [0.25, 0.3) is 0 Å². The first kappa shape index (κ1) is 22.7. The molecule has 9 heteroatoms. The zero-order valence-electron chi connectivity index (χ0n) is 17.3. The third-order valence-corrected chi connectivity index (χ3v) is 6.59. The van der Waals surface area contributed by atoms with E-state index in [2.05, 4.69) is 4.99 Å². The van der Waals surface area contributed by atoms with Gasteiger partial charge in [-0.05, 0) is 37.3 Å². The van der Waals surface area contributed by atoms with Crippen LogP contribution in [0.2, 0.25) is 0 Å². The molecule has 1 aliphatic heterocycles. The zero-order valence-corrected chi connectivity index (χ0v) is 18.1. The standard InChI is InChI=1S/C21H24F4N2O2S/c1-12-17(20(2,3)4)30-19(27(12)11-13-7-6-10-29-13)26-18(28)14-8-5-9-15(16(14)22)21(23,24)25/h5,8-9,13H,6-7,10-11H2,1-4H3/b26-19-/t13-/m1/s1. The monoisotopic (exact) mass is 444 g/mol. The third-order valence-electron chi connectivity index (χ3n) is 4.98. The second-order valence-electron chi connectivity index (χ2n) is 8.38. The summed E-state index contributed by atoms with van der Waals surface area (Å²) in [6, 6.07) is 2.64. The summed E-state index contributed by atoms with van der Waals surface area (Å²) < 4.78 is 60.9. The lowest BCUT2D eigenvalue weighted by atomic mass is 9.93. The summed E-state index contributed by atoms with van der Waals surface area (Å²) in [5, 5.41) is 0. The van der Waals surface area contributed by atoms with Gasteiger partial charge in [-0.3, -0.25) is 4.79 Å². The molecule has 1 atom stereocenters. The fraction of sp³-hybridized carbons (Fsp3) is 0.524. The van der Waals surface area contributed by atoms with Crippen LogP contribution in [0.3, 0.4) is 0 Å². The molecule has 164 valence electrons. The van der Waals surface area contributed by atoms with Gasteiger partial charge in [0.2, 0.25) is 0 Å². The van der Waals surface area contributed by atoms with E-state index < -0.39 is 29.0 Å². The largest absolute Gasteiger partial charge is 0.419 e. The van der Waals surface area contributed by atoms with Crippen molar-refractivity contribution in [2.24, 2.45) is 4.99 Å². The smallest absolute Gasteiger partial charge is 0.376 e. The molecule has 3 rings (SSSR count). The summed E-state index contributed by atoms with van der Waals surface area (Å²) in [5.41, 5.74) is -1.48. The third kappa shape index (κ3) is 4.67. The first-order valence-electron chi connectivity index (χ1n) is 9.66. The second-order valence-corrected chi connectivity index (χ2v) is 9.35. The summed E-state index contributed by atoms with van der Waals surface area (Å²) in [6.07, 6.45) is -3.09. The first-order valence-corrected chi connectivity index (χ1v) is 10.5. The van der Waals surface area contributed by atoms with Crippen LogP contribution in [0, 0.1) is 12.7 Å². The van der Waals surface area contributed by atoms with Gasteiger partial charge in [-0.2, -0.15) is 18.2 Å². The van der Waals surface area contributed by atoms with Gasteiger partial charge in [-0.1, -0.05) is 26.8 Å². The number of hydrogen-bond acceptors (Lipinski definition) is 3. The normalized spacial score (nSPS) is 18.3. The van der Waals surface area contributed by atoms with E-state index >= 15 is 0 Å². The van der Waals surface area contributed by atoms with Gasteiger partial charge >= 0.3 is 6.18 Å². The molecule has 0 N–H and O–H groups in total. The Labute approximate surface area is 176 Å². The number of halogens is 4. The number of benzene rings is 1. The Balaban J connectivity index is 2.09. The average Bonchev–Trinajstić information content (AvgIpc) is 3.24. The number of rotatable bonds is 3. The first-order chi connectivity index (χ1) is 13.9. The Morgan fingerprint density at radius 1 is 1.30 bits per heavy atom. The van der Waals surface area contributed by atoms with E-state index in [9.17, 15) is 22.4 Å². The van der Waals surface area contributed by atoms with Crippen LogP contribution in [0.15, 0.2) is 23.2 Å². The van der Waals surface area contributed by atoms with Crippen LogP contribution in [-0.4, -0.2) is 23.2 Å². The number of aromatic nitrogens is 1. The van der Waals surface area contributed by atoms with Crippen molar-refractivity contribution in [1.82, 2.24) is 4.57 Å². The number of alkyl halides is 3. The minimum absolute atomic E-state index is 0.0227. The van der Waals surface area contributed by atoms with E-state index in [1.54, 1.807) is 0 Å². The fourth-order valence-electron chi connectivity index (χ4n) is 3.54. The predicted molar refractivity (Wildman–Crippen MR) is 106 cm³/mol. The van der Waals surface area contributed by atoms with Crippen LogP contribution >= 0.6 is 11.3 Å². The molecule has 0 radical (unpaired) electrons. The molecule has 0 aliphatic carbocycles. The van der Waals surface area contributed by atoms with Crippen molar-refractivity contribution < 1.29 is 27.1 Å². The molecule has 0 bridgehead atoms. The van der Waals surface area contributed by atoms with Crippen molar-refractivity contribution in [2.45, 2.75) is 64.8 Å². The highest BCUT2D eigenvalue weighted by atomic mass is 32.1. The van der Waals surface area contributed by atoms with E-state index in [-0.39, 0.29) is 11.5 Å². The number of carbonyl (C=O) groups is 1. The molecular weight excluding hydrogens is 420 g/mol. The SMILES string of the molecule is Cc1c(C(C)(C)C)s/c(=N\C(=O)c2cccc(C(F)(F)F)c2F)n1C[C@H]1CCCO1. The van der Waals surface area contributed by atoms with E-state index in [0.29, 0.717) is 24.0 Å². The Hall–Kier alpha value is -2.00. The van der Waals surface area contributed by atoms with Crippen LogP contribution < -0.4 is 4.80 Å². The molecule has 1 amide bonds. The molecule has 4 nitrogen and oxygen atoms in total. The Kier molecular flexibility index (Phi) is 6.25. The number of thiazole rings is 1. The van der Waals surface area contributed by atoms with E-state index in [1.165, 1.54) is 11.3 Å². The average molecular weight is 444 g/mol. The summed E-state index contributed by atoms with van der Waals surface area (Å²) in [4.78, 5) is 18.0. The maximum atomic E-state index is 14.4. The Morgan fingerprint density at radius 2 is 2.00 bits per heavy atom. The highest BCUT2D eigenvalue weighted by molar-refractivity contribution is 7.09. The van der Waals surface area contributed by atoms with Crippen molar-refractivity contribution in [3.63, 3.8) is 0 Å². The van der Waals surface area contributed by atoms with Gasteiger partial charge < -0.3 is 9.30 Å². The van der Waals surface area contributed by atoms with Gasteiger partial charge in [0.25, 0.3) is 5.91 Å². The molecule has 1 saturated heterocycles. The van der Waals surface area contributed by atoms with Gasteiger partial charge in [0, 0.05) is 17.2 Å². The molecule has 1 aromatic heterocycles. The summed E-state index contributed by atoms with van der Waals surface area (Å²) >= 11 is 1.29. The molecule has 2 heterocycles. The molecule has 30 heavy (non-hydrogen) atoms. The second kappa shape index (κ2) is 8.26. The molecule has 2 aromatic rings. The topological polar surface area (TPSA) is 43.6 Å². The molecular formula is C21H24F4N2O2S. The van der Waals surface area contributed by atoms with Gasteiger partial charge in [-0.25, -0.2) is 4.39 Å². The lowest BCUT2D eigenvalue weighted by Gasteiger charge is -2.18. The van der Waals surface area contributed by atoms with Crippen molar-refractivity contribution in [2.75, 3.05) is 6.61 Å². The number of carbonyl (C=O) groups excluding carboxylic acids is 1. The van der Waals surface area contributed by atoms with Gasteiger partial charge in [0.1, 0.15) is 5.82 Å². The lowest BCUT2D eigenvalue weighted by Crippen LogP contribution is -2.25. The van der Waals surface area contributed by atoms with Gasteiger partial charge in [0.05, 0.1) is 23.8 Å². The predicted octanol–water partition coefficient (Wildman–Crippen LogP) is 5.23. The number of hydrogen-bond donors (Lipinski definition) is 0. The molecule has 1 fully saturated rings. The zero-order chi connectivity index (χ0) is 22.3. The maximum Gasteiger partial charge on any atom is 0.419 e. The Bertz CT molecular complexity index is 1010. The fourth-order valence-corrected chi connectivity index (χ4v) is 4.73. The van der Waals surface area contributed by atoms with Crippen molar-refractivity contribution in [3.05, 3.63) is 50.5 Å². The molecule has 1 aromatic carbocycles. The maximum absolute atomic E-state index is 14.4. The van der Waals surface area contributed by atoms with Crippen LogP contribution in [0.5, 0.6) is 0 Å². The molecule has 0 spiro atoms. The highest BCUT2D eigenvalue weighted by Crippen LogP contribution is 2.33. The summed E-state index contributed by atoms with van der Waals surface area (Å²) in [5.74, 6) is -2.64. The highest BCUT2D eigenvalue weighted by Gasteiger charge is 2.35. The van der Waals surface area contributed by atoms with E-state index in [1.807, 2.05) is 32.3 Å². The molecule has 1 aliphatic rings. The van der Waals surface area contributed by atoms with Crippen molar-refractivity contribution in [3.8, 4) is 0 Å². The van der Waals surface area contributed by atoms with Crippen molar-refractivity contribution >= 4 is 17.2 Å². The van der Waals surface area contributed by atoms with Crippen LogP contribution in [-0.2, 0) is 22.9 Å². The summed E-state index contributed by atoms with van der Waals surface area (Å²) in [6.45, 7) is 9.15.